The van der Waals surface area contributed by atoms with Crippen LogP contribution >= 0.6 is 11.6 Å². The number of rotatable bonds is 0. The molecule has 1 atom stereocenters. The zero-order valence-corrected chi connectivity index (χ0v) is 6.32. The molecular formula is C7H11ClO. The predicted octanol–water partition coefficient (Wildman–Crippen LogP) is 2.51. The molecule has 9 heavy (non-hydrogen) atoms. The van der Waals surface area contributed by atoms with Crippen LogP contribution in [0.4, 0.5) is 0 Å². The topological polar surface area (TPSA) is 9.23 Å². The number of hydrogen-bond donors (Lipinski definition) is 0. The van der Waals surface area contributed by atoms with E-state index < -0.39 is 0 Å². The molecule has 0 aromatic heterocycles. The van der Waals surface area contributed by atoms with Crippen molar-refractivity contribution in [3.8, 4) is 0 Å². The fourth-order valence-corrected chi connectivity index (χ4v) is 1.12. The van der Waals surface area contributed by atoms with Crippen molar-refractivity contribution in [3.63, 3.8) is 0 Å². The summed E-state index contributed by atoms with van der Waals surface area (Å²) >= 11 is 5.46. The molecule has 1 rings (SSSR count). The van der Waals surface area contributed by atoms with Gasteiger partial charge in [-0.05, 0) is 12.3 Å². The van der Waals surface area contributed by atoms with Gasteiger partial charge in [0.05, 0.1) is 6.61 Å². The van der Waals surface area contributed by atoms with E-state index in [4.69, 9.17) is 16.3 Å². The Balaban J connectivity index is 2.41. The number of allylic oxidation sites excluding steroid dienone is 1. The summed E-state index contributed by atoms with van der Waals surface area (Å²) in [6.07, 6.45) is 2.16. The second kappa shape index (κ2) is 3.11. The molecule has 1 heterocycles. The van der Waals surface area contributed by atoms with Crippen molar-refractivity contribution in [1.82, 2.24) is 0 Å². The van der Waals surface area contributed by atoms with Gasteiger partial charge >= 0.3 is 0 Å². The van der Waals surface area contributed by atoms with Gasteiger partial charge in [0.2, 0.25) is 0 Å². The van der Waals surface area contributed by atoms with Crippen molar-refractivity contribution < 1.29 is 4.74 Å². The standard InChI is InChI=1S/C7H11ClO/c1-6-2-3-9-7(4-6)5-8/h5-6H,2-4H2,1H3/t6-/m0/s1. The molecular weight excluding hydrogens is 136 g/mol. The lowest BCUT2D eigenvalue weighted by molar-refractivity contribution is 0.138. The molecule has 2 heteroatoms. The Morgan fingerprint density at radius 3 is 3.00 bits per heavy atom. The predicted molar refractivity (Wildman–Crippen MR) is 38.3 cm³/mol. The molecule has 1 saturated heterocycles. The molecule has 0 aromatic carbocycles. The van der Waals surface area contributed by atoms with Gasteiger partial charge in [-0.25, -0.2) is 0 Å². The Bertz CT molecular complexity index is 120. The van der Waals surface area contributed by atoms with Crippen LogP contribution in [0.2, 0.25) is 0 Å². The van der Waals surface area contributed by atoms with Crippen LogP contribution in [0.3, 0.4) is 0 Å². The second-order valence-electron chi connectivity index (χ2n) is 2.52. The van der Waals surface area contributed by atoms with Gasteiger partial charge in [0.25, 0.3) is 0 Å². The summed E-state index contributed by atoms with van der Waals surface area (Å²) in [7, 11) is 0. The Morgan fingerprint density at radius 1 is 1.78 bits per heavy atom. The summed E-state index contributed by atoms with van der Waals surface area (Å²) < 4.78 is 5.23. The SMILES string of the molecule is C[C@H]1CCOC(=CCl)C1. The third-order valence-corrected chi connectivity index (χ3v) is 1.81. The summed E-state index contributed by atoms with van der Waals surface area (Å²) in [5.41, 5.74) is 1.54. The van der Waals surface area contributed by atoms with Crippen molar-refractivity contribution in [3.05, 3.63) is 11.3 Å². The van der Waals surface area contributed by atoms with E-state index in [2.05, 4.69) is 6.92 Å². The maximum Gasteiger partial charge on any atom is 0.107 e. The summed E-state index contributed by atoms with van der Waals surface area (Å²) in [5.74, 6) is 1.68. The lowest BCUT2D eigenvalue weighted by Crippen LogP contribution is -2.10. The van der Waals surface area contributed by atoms with E-state index in [-0.39, 0.29) is 0 Å². The minimum absolute atomic E-state index is 0.740. The third-order valence-electron chi connectivity index (χ3n) is 1.57. The van der Waals surface area contributed by atoms with E-state index in [1.165, 1.54) is 5.54 Å². The molecule has 0 spiro atoms. The highest BCUT2D eigenvalue weighted by atomic mass is 35.5. The van der Waals surface area contributed by atoms with E-state index in [9.17, 15) is 0 Å². The third kappa shape index (κ3) is 1.90. The van der Waals surface area contributed by atoms with E-state index in [0.717, 1.165) is 31.1 Å². The quantitative estimate of drug-likeness (QED) is 0.510. The van der Waals surface area contributed by atoms with Crippen LogP contribution in [0.1, 0.15) is 19.8 Å². The van der Waals surface area contributed by atoms with E-state index in [0.29, 0.717) is 0 Å². The fourth-order valence-electron chi connectivity index (χ4n) is 0.972. The minimum atomic E-state index is 0.740. The molecule has 1 aliphatic rings. The van der Waals surface area contributed by atoms with Gasteiger partial charge in [-0.3, -0.25) is 0 Å². The molecule has 0 unspecified atom stereocenters. The molecule has 0 N–H and O–H groups in total. The van der Waals surface area contributed by atoms with Crippen LogP contribution in [0.5, 0.6) is 0 Å². The summed E-state index contributed by atoms with van der Waals surface area (Å²) in [4.78, 5) is 0. The molecule has 1 aliphatic heterocycles. The molecule has 0 amide bonds. The molecule has 0 saturated carbocycles. The van der Waals surface area contributed by atoms with Gasteiger partial charge in [0, 0.05) is 12.0 Å². The lowest BCUT2D eigenvalue weighted by atomic mass is 10.0. The van der Waals surface area contributed by atoms with Crippen molar-refractivity contribution in [1.29, 1.82) is 0 Å². The summed E-state index contributed by atoms with van der Waals surface area (Å²) in [6.45, 7) is 3.04. The van der Waals surface area contributed by atoms with Gasteiger partial charge in [-0.1, -0.05) is 18.5 Å². The molecule has 52 valence electrons. The zero-order valence-electron chi connectivity index (χ0n) is 5.56. The monoisotopic (exact) mass is 146 g/mol. The van der Waals surface area contributed by atoms with Crippen LogP contribution in [-0.2, 0) is 4.74 Å². The number of hydrogen-bond acceptors (Lipinski definition) is 1. The van der Waals surface area contributed by atoms with Crippen molar-refractivity contribution >= 4 is 11.6 Å². The van der Waals surface area contributed by atoms with Crippen LogP contribution in [0, 0.1) is 5.92 Å². The first-order valence-electron chi connectivity index (χ1n) is 3.25. The smallest absolute Gasteiger partial charge is 0.107 e. The van der Waals surface area contributed by atoms with Crippen molar-refractivity contribution in [2.24, 2.45) is 5.92 Å². The normalized spacial score (nSPS) is 32.2. The Labute approximate surface area is 60.7 Å². The average Bonchev–Trinajstić information content (AvgIpc) is 1.88. The highest BCUT2D eigenvalue weighted by Gasteiger charge is 2.12. The lowest BCUT2D eigenvalue weighted by Gasteiger charge is -2.20. The van der Waals surface area contributed by atoms with Gasteiger partial charge in [0.15, 0.2) is 0 Å². The van der Waals surface area contributed by atoms with Gasteiger partial charge < -0.3 is 4.74 Å². The maximum atomic E-state index is 5.46. The van der Waals surface area contributed by atoms with E-state index in [1.807, 2.05) is 0 Å². The van der Waals surface area contributed by atoms with Crippen LogP contribution < -0.4 is 0 Å². The van der Waals surface area contributed by atoms with Crippen molar-refractivity contribution in [2.45, 2.75) is 19.8 Å². The largest absolute Gasteiger partial charge is 0.497 e. The highest BCUT2D eigenvalue weighted by molar-refractivity contribution is 6.25. The van der Waals surface area contributed by atoms with Gasteiger partial charge in [0.1, 0.15) is 5.76 Å². The molecule has 0 aliphatic carbocycles. The second-order valence-corrected chi connectivity index (χ2v) is 2.74. The zero-order chi connectivity index (χ0) is 6.69. The van der Waals surface area contributed by atoms with Crippen molar-refractivity contribution in [2.75, 3.05) is 6.61 Å². The van der Waals surface area contributed by atoms with Crippen LogP contribution in [0.15, 0.2) is 11.3 Å². The molecule has 1 fully saturated rings. The van der Waals surface area contributed by atoms with E-state index >= 15 is 0 Å². The summed E-state index contributed by atoms with van der Waals surface area (Å²) in [5, 5.41) is 0. The Hall–Kier alpha value is -0.170. The highest BCUT2D eigenvalue weighted by Crippen LogP contribution is 2.22. The van der Waals surface area contributed by atoms with Crippen LogP contribution in [0.25, 0.3) is 0 Å². The molecule has 0 bridgehead atoms. The van der Waals surface area contributed by atoms with Gasteiger partial charge in [-0.2, -0.15) is 0 Å². The Kier molecular flexibility index (Phi) is 2.40. The number of halogens is 1. The summed E-state index contributed by atoms with van der Waals surface area (Å²) in [6, 6.07) is 0. The average molecular weight is 147 g/mol. The molecule has 1 nitrogen and oxygen atoms in total. The number of ether oxygens (including phenoxy) is 1. The van der Waals surface area contributed by atoms with E-state index in [1.54, 1.807) is 0 Å². The van der Waals surface area contributed by atoms with Crippen LogP contribution in [-0.4, -0.2) is 6.61 Å². The minimum Gasteiger partial charge on any atom is -0.497 e. The maximum absolute atomic E-state index is 5.46. The first-order chi connectivity index (χ1) is 4.33. The fraction of sp³-hybridized carbons (Fsp3) is 0.714. The first kappa shape index (κ1) is 6.94. The Morgan fingerprint density at radius 2 is 2.56 bits per heavy atom. The molecule has 0 aromatic rings. The first-order valence-corrected chi connectivity index (χ1v) is 3.68. The molecule has 0 radical (unpaired) electrons. The van der Waals surface area contributed by atoms with Gasteiger partial charge in [-0.15, -0.1) is 0 Å².